The number of ether oxygens (including phenoxy) is 1. The third kappa shape index (κ3) is 3.15. The smallest absolute Gasteiger partial charge is 0.328 e. The van der Waals surface area contributed by atoms with E-state index >= 15 is 0 Å². The molecule has 0 aliphatic rings. The van der Waals surface area contributed by atoms with Crippen LogP contribution in [0.4, 0.5) is 0 Å². The summed E-state index contributed by atoms with van der Waals surface area (Å²) in [4.78, 5) is 10.3. The largest absolute Gasteiger partial charge is 0.495 e. The molecule has 0 atom stereocenters. The number of hydrogen-bond donors (Lipinski definition) is 1. The first kappa shape index (κ1) is 11.9. The average Bonchev–Trinajstić information content (AvgIpc) is 2.13. The van der Waals surface area contributed by atoms with Gasteiger partial charge in [-0.3, -0.25) is 0 Å². The Balaban J connectivity index is 3.20. The van der Waals surface area contributed by atoms with Crippen LogP contribution in [0, 0.1) is 0 Å². The number of carboxylic acids is 1. The molecule has 1 N–H and O–H groups in total. The highest BCUT2D eigenvalue weighted by Crippen LogP contribution is 2.32. The van der Waals surface area contributed by atoms with E-state index in [1.165, 1.54) is 19.3 Å². The van der Waals surface area contributed by atoms with Crippen LogP contribution < -0.4 is 4.74 Å². The fraction of sp³-hybridized carbons (Fsp3) is 0.100. The molecule has 0 spiro atoms. The monoisotopic (exact) mass is 246 g/mol. The Kier molecular flexibility index (Phi) is 4.00. The molecule has 15 heavy (non-hydrogen) atoms. The van der Waals surface area contributed by atoms with Gasteiger partial charge in [-0.05, 0) is 18.2 Å². The van der Waals surface area contributed by atoms with Gasteiger partial charge in [0.05, 0.1) is 12.1 Å². The predicted octanol–water partition coefficient (Wildman–Crippen LogP) is 3.10. The van der Waals surface area contributed by atoms with Crippen molar-refractivity contribution in [2.45, 2.75) is 0 Å². The normalized spacial score (nSPS) is 10.6. The molecule has 1 rings (SSSR count). The number of benzene rings is 1. The summed E-state index contributed by atoms with van der Waals surface area (Å²) in [5.74, 6) is -0.647. The molecule has 0 unspecified atom stereocenters. The van der Waals surface area contributed by atoms with Crippen molar-refractivity contribution in [1.82, 2.24) is 0 Å². The topological polar surface area (TPSA) is 46.5 Å². The van der Waals surface area contributed by atoms with E-state index in [4.69, 9.17) is 33.0 Å². The fourth-order valence-corrected chi connectivity index (χ4v) is 1.67. The van der Waals surface area contributed by atoms with Gasteiger partial charge in [0.2, 0.25) is 0 Å². The van der Waals surface area contributed by atoms with Gasteiger partial charge in [0.25, 0.3) is 0 Å². The number of aliphatic carboxylic acids is 1. The van der Waals surface area contributed by atoms with Crippen LogP contribution in [0.1, 0.15) is 5.56 Å². The van der Waals surface area contributed by atoms with Crippen LogP contribution in [0.3, 0.4) is 0 Å². The lowest BCUT2D eigenvalue weighted by Gasteiger charge is -2.07. The Morgan fingerprint density at radius 2 is 2.13 bits per heavy atom. The minimum Gasteiger partial charge on any atom is -0.495 e. The van der Waals surface area contributed by atoms with Gasteiger partial charge < -0.3 is 9.84 Å². The molecule has 0 aliphatic heterocycles. The predicted molar refractivity (Wildman–Crippen MR) is 59.7 cm³/mol. The summed E-state index contributed by atoms with van der Waals surface area (Å²) in [5, 5.41) is 9.25. The third-order valence-electron chi connectivity index (χ3n) is 1.65. The highest BCUT2D eigenvalue weighted by atomic mass is 35.5. The number of carboxylic acid groups (broad SMARTS) is 1. The number of hydrogen-bond acceptors (Lipinski definition) is 2. The first-order valence-electron chi connectivity index (χ1n) is 3.98. The number of halogens is 2. The van der Waals surface area contributed by atoms with Crippen LogP contribution in [0.5, 0.6) is 5.75 Å². The van der Waals surface area contributed by atoms with E-state index in [1.807, 2.05) is 0 Å². The van der Waals surface area contributed by atoms with Gasteiger partial charge in [0, 0.05) is 16.7 Å². The average molecular weight is 247 g/mol. The molecule has 1 aromatic rings. The van der Waals surface area contributed by atoms with Crippen molar-refractivity contribution in [3.63, 3.8) is 0 Å². The van der Waals surface area contributed by atoms with Crippen LogP contribution in [0.25, 0.3) is 6.08 Å². The van der Waals surface area contributed by atoms with Gasteiger partial charge in [-0.2, -0.15) is 0 Å². The van der Waals surface area contributed by atoms with Gasteiger partial charge in [-0.25, -0.2) is 4.79 Å². The second kappa shape index (κ2) is 5.05. The van der Waals surface area contributed by atoms with Crippen molar-refractivity contribution >= 4 is 35.2 Å². The quantitative estimate of drug-likeness (QED) is 0.834. The highest BCUT2D eigenvalue weighted by Gasteiger charge is 2.07. The van der Waals surface area contributed by atoms with Crippen molar-refractivity contribution in [3.8, 4) is 5.75 Å². The zero-order valence-electron chi connectivity index (χ0n) is 7.83. The molecule has 80 valence electrons. The van der Waals surface area contributed by atoms with Crippen molar-refractivity contribution in [1.29, 1.82) is 0 Å². The van der Waals surface area contributed by atoms with Gasteiger partial charge in [-0.15, -0.1) is 0 Å². The summed E-state index contributed by atoms with van der Waals surface area (Å²) in [6.07, 6.45) is 2.36. The van der Waals surface area contributed by atoms with Gasteiger partial charge >= 0.3 is 5.97 Å². The van der Waals surface area contributed by atoms with E-state index in [-0.39, 0.29) is 0 Å². The molecule has 0 saturated carbocycles. The zero-order valence-corrected chi connectivity index (χ0v) is 9.34. The molecule has 0 heterocycles. The molecule has 0 aromatic heterocycles. The van der Waals surface area contributed by atoms with Crippen molar-refractivity contribution in [3.05, 3.63) is 33.8 Å². The van der Waals surface area contributed by atoms with Crippen molar-refractivity contribution < 1.29 is 14.6 Å². The second-order valence-corrected chi connectivity index (χ2v) is 3.53. The molecule has 0 bridgehead atoms. The Labute approximate surface area is 96.9 Å². The van der Waals surface area contributed by atoms with E-state index < -0.39 is 5.97 Å². The molecule has 0 amide bonds. The van der Waals surface area contributed by atoms with Crippen LogP contribution in [0.15, 0.2) is 18.2 Å². The minimum atomic E-state index is -1.05. The second-order valence-electron chi connectivity index (χ2n) is 2.68. The standard InChI is InChI=1S/C10H8Cl2O3/c1-15-10-6(2-3-9(13)14)4-7(11)5-8(10)12/h2-5H,1H3,(H,13,14)/b3-2+. The Hall–Kier alpha value is -1.19. The summed E-state index contributed by atoms with van der Waals surface area (Å²) in [6.45, 7) is 0. The molecule has 0 fully saturated rings. The van der Waals surface area contributed by atoms with Gasteiger partial charge in [0.15, 0.2) is 0 Å². The van der Waals surface area contributed by atoms with Crippen LogP contribution in [0.2, 0.25) is 10.0 Å². The van der Waals surface area contributed by atoms with Crippen LogP contribution in [-0.4, -0.2) is 18.2 Å². The van der Waals surface area contributed by atoms with Crippen molar-refractivity contribution in [2.75, 3.05) is 7.11 Å². The summed E-state index contributed by atoms with van der Waals surface area (Å²) >= 11 is 11.6. The molecular formula is C10H8Cl2O3. The zero-order chi connectivity index (χ0) is 11.4. The highest BCUT2D eigenvalue weighted by molar-refractivity contribution is 6.35. The molecule has 0 saturated heterocycles. The maximum atomic E-state index is 10.3. The lowest BCUT2D eigenvalue weighted by molar-refractivity contribution is -0.131. The summed E-state index contributed by atoms with van der Waals surface area (Å²) in [7, 11) is 1.45. The molecule has 0 aliphatic carbocycles. The maximum Gasteiger partial charge on any atom is 0.328 e. The molecule has 5 heteroatoms. The first-order chi connectivity index (χ1) is 7.04. The SMILES string of the molecule is COc1c(Cl)cc(Cl)cc1/C=C/C(=O)O. The lowest BCUT2D eigenvalue weighted by atomic mass is 10.2. The summed E-state index contributed by atoms with van der Waals surface area (Å²) in [5.41, 5.74) is 0.525. The Morgan fingerprint density at radius 1 is 1.47 bits per heavy atom. The molecular weight excluding hydrogens is 239 g/mol. The van der Waals surface area contributed by atoms with Crippen molar-refractivity contribution in [2.24, 2.45) is 0 Å². The van der Waals surface area contributed by atoms with E-state index in [2.05, 4.69) is 0 Å². The molecule has 0 radical (unpaired) electrons. The van der Waals surface area contributed by atoms with E-state index in [1.54, 1.807) is 6.07 Å². The molecule has 1 aromatic carbocycles. The Morgan fingerprint density at radius 3 is 2.67 bits per heavy atom. The minimum absolute atomic E-state index is 0.343. The van der Waals surface area contributed by atoms with E-state index in [0.29, 0.717) is 21.4 Å². The number of rotatable bonds is 3. The third-order valence-corrected chi connectivity index (χ3v) is 2.15. The molecule has 3 nitrogen and oxygen atoms in total. The Bertz CT molecular complexity index is 413. The lowest BCUT2D eigenvalue weighted by Crippen LogP contribution is -1.90. The van der Waals surface area contributed by atoms with Gasteiger partial charge in [-0.1, -0.05) is 23.2 Å². The van der Waals surface area contributed by atoms with E-state index in [0.717, 1.165) is 6.08 Å². The first-order valence-corrected chi connectivity index (χ1v) is 4.74. The van der Waals surface area contributed by atoms with Gasteiger partial charge in [0.1, 0.15) is 5.75 Å². The maximum absolute atomic E-state index is 10.3. The van der Waals surface area contributed by atoms with Crippen LogP contribution >= 0.6 is 23.2 Å². The van der Waals surface area contributed by atoms with Crippen LogP contribution in [-0.2, 0) is 4.79 Å². The number of methoxy groups -OCH3 is 1. The van der Waals surface area contributed by atoms with E-state index in [9.17, 15) is 4.79 Å². The fourth-order valence-electron chi connectivity index (χ4n) is 1.08. The summed E-state index contributed by atoms with van der Waals surface area (Å²) in [6, 6.07) is 3.10. The summed E-state index contributed by atoms with van der Waals surface area (Å²) < 4.78 is 5.03. The number of carbonyl (C=O) groups is 1.